The van der Waals surface area contributed by atoms with E-state index in [-0.39, 0.29) is 0 Å². The summed E-state index contributed by atoms with van der Waals surface area (Å²) < 4.78 is 0. The molecule has 5 aromatic rings. The van der Waals surface area contributed by atoms with Crippen LogP contribution in [0, 0.1) is 6.92 Å². The summed E-state index contributed by atoms with van der Waals surface area (Å²) in [6.07, 6.45) is 6.45. The number of fused-ring (bicyclic) bond motifs is 1. The fourth-order valence-electron chi connectivity index (χ4n) is 6.25. The van der Waals surface area contributed by atoms with Gasteiger partial charge in [0.1, 0.15) is 12.1 Å². The minimum absolute atomic E-state index is 0.297. The number of anilines is 2. The molecule has 1 aliphatic heterocycles. The van der Waals surface area contributed by atoms with Crippen molar-refractivity contribution in [1.29, 1.82) is 0 Å². The maximum Gasteiger partial charge on any atom is 0.251 e. The van der Waals surface area contributed by atoms with Crippen molar-refractivity contribution in [3.05, 3.63) is 102 Å². The number of allylic oxidation sites excluding steroid dienone is 1. The molecule has 0 atom stereocenters. The van der Waals surface area contributed by atoms with Crippen molar-refractivity contribution in [1.82, 2.24) is 25.2 Å². The van der Waals surface area contributed by atoms with Crippen LogP contribution in [-0.2, 0) is 6.54 Å². The molecule has 10 heteroatoms. The van der Waals surface area contributed by atoms with Crippen LogP contribution in [0.15, 0.2) is 89.8 Å². The van der Waals surface area contributed by atoms with Gasteiger partial charge in [0.2, 0.25) is 0 Å². The number of aromatic amines is 1. The van der Waals surface area contributed by atoms with Crippen molar-refractivity contribution < 1.29 is 4.79 Å². The van der Waals surface area contributed by atoms with Gasteiger partial charge >= 0.3 is 0 Å². The number of carbonyl (C=O) groups is 1. The highest BCUT2D eigenvalue weighted by molar-refractivity contribution is 6.02. The van der Waals surface area contributed by atoms with E-state index in [2.05, 4.69) is 91.5 Å². The van der Waals surface area contributed by atoms with Gasteiger partial charge in [0.05, 0.1) is 16.9 Å². The Morgan fingerprint density at radius 1 is 1.06 bits per heavy atom. The molecule has 1 fully saturated rings. The zero-order chi connectivity index (χ0) is 33.8. The zero-order valence-electron chi connectivity index (χ0n) is 28.3. The first-order valence-electron chi connectivity index (χ1n) is 16.2. The second kappa shape index (κ2) is 14.1. The van der Waals surface area contributed by atoms with Crippen LogP contribution in [0.1, 0.15) is 28.4 Å². The summed E-state index contributed by atoms with van der Waals surface area (Å²) in [5.41, 5.74) is 16.7. The van der Waals surface area contributed by atoms with E-state index in [4.69, 9.17) is 10.7 Å². The molecule has 0 spiro atoms. The van der Waals surface area contributed by atoms with E-state index in [0.29, 0.717) is 23.9 Å². The number of amidine groups is 1. The molecule has 3 heterocycles. The largest absolute Gasteiger partial charge is 0.392 e. The number of para-hydroxylation sites is 1. The lowest BCUT2D eigenvalue weighted by atomic mass is 9.95. The lowest BCUT2D eigenvalue weighted by molar-refractivity contribution is 0.112. The molecule has 0 unspecified atom stereocenters. The standard InChI is InChI=1S/C38H43N9O/c1-25-21-42-38(43-35(39)20-26(2)40-3)44-36(25)32-22-41-37-31(32)10-7-11-34(37)46(5)23-33-28(24-48)8-6-9-30(33)27-12-14-29(15-13-27)47-18-16-45(4)17-19-47/h6-15,20-22,24,40-41H,16-19,23H2,1-5H3,(H2,39,42,43,44)/b26-20-. The lowest BCUT2D eigenvalue weighted by Gasteiger charge is -2.34. The van der Waals surface area contributed by atoms with Gasteiger partial charge in [0.15, 0.2) is 0 Å². The number of carbonyl (C=O) groups excluding carboxylic acids is 1. The number of nitrogens with one attached hydrogen (secondary N) is 2. The van der Waals surface area contributed by atoms with Gasteiger partial charge in [-0.15, -0.1) is 0 Å². The number of aliphatic imine (C=N–C) groups is 1. The van der Waals surface area contributed by atoms with E-state index in [9.17, 15) is 4.79 Å². The van der Waals surface area contributed by atoms with Gasteiger partial charge in [0, 0.05) is 87.1 Å². The van der Waals surface area contributed by atoms with Gasteiger partial charge in [-0.1, -0.05) is 42.5 Å². The Labute approximate surface area is 282 Å². The Hall–Kier alpha value is -5.48. The van der Waals surface area contributed by atoms with Crippen molar-refractivity contribution in [3.63, 3.8) is 0 Å². The van der Waals surface area contributed by atoms with Crippen molar-refractivity contribution >= 4 is 40.3 Å². The summed E-state index contributed by atoms with van der Waals surface area (Å²) in [6, 6.07) is 20.9. The molecule has 1 saturated heterocycles. The highest BCUT2D eigenvalue weighted by Gasteiger charge is 2.19. The van der Waals surface area contributed by atoms with Crippen LogP contribution in [0.5, 0.6) is 0 Å². The molecule has 0 radical (unpaired) electrons. The maximum absolute atomic E-state index is 12.3. The molecule has 6 rings (SSSR count). The number of likely N-dealkylation sites (N-methyl/N-ethyl adjacent to an activating group) is 1. The predicted octanol–water partition coefficient (Wildman–Crippen LogP) is 5.91. The second-order valence-electron chi connectivity index (χ2n) is 12.4. The number of nitrogens with two attached hydrogens (primary N) is 1. The summed E-state index contributed by atoms with van der Waals surface area (Å²) in [4.78, 5) is 36.4. The number of hydrogen-bond donors (Lipinski definition) is 3. The Bertz CT molecular complexity index is 1990. The van der Waals surface area contributed by atoms with E-state index in [1.54, 1.807) is 12.3 Å². The van der Waals surface area contributed by atoms with Crippen LogP contribution in [-0.4, -0.2) is 79.3 Å². The molecular weight excluding hydrogens is 598 g/mol. The predicted molar refractivity (Wildman–Crippen MR) is 197 cm³/mol. The summed E-state index contributed by atoms with van der Waals surface area (Å²) in [5, 5.41) is 4.06. The normalized spacial score (nSPS) is 14.4. The zero-order valence-corrected chi connectivity index (χ0v) is 28.3. The Balaban J connectivity index is 1.30. The van der Waals surface area contributed by atoms with Gasteiger partial charge in [-0.3, -0.25) is 4.79 Å². The summed E-state index contributed by atoms with van der Waals surface area (Å²) in [7, 11) is 6.06. The SMILES string of the molecule is CN/C(C)=C\C(N)=N/c1ncc(C)c(-c2c[nH]c3c(N(C)Cc4c(C=O)cccc4-c4ccc(N5CCN(C)CC5)cc4)cccc23)n1. The molecule has 0 amide bonds. The molecule has 0 saturated carbocycles. The van der Waals surface area contributed by atoms with E-state index < -0.39 is 0 Å². The number of nitrogens with zero attached hydrogens (tertiary/aromatic N) is 6. The molecule has 0 aliphatic carbocycles. The van der Waals surface area contributed by atoms with Gasteiger partial charge < -0.3 is 30.7 Å². The van der Waals surface area contributed by atoms with E-state index >= 15 is 0 Å². The average molecular weight is 642 g/mol. The number of aryl methyl sites for hydroxylation is 1. The van der Waals surface area contributed by atoms with Gasteiger partial charge in [-0.05, 0) is 67.4 Å². The third-order valence-corrected chi connectivity index (χ3v) is 9.09. The van der Waals surface area contributed by atoms with Crippen molar-refractivity contribution in [3.8, 4) is 22.4 Å². The fraction of sp³-hybridized carbons (Fsp3) is 0.263. The molecule has 0 bridgehead atoms. The Morgan fingerprint density at radius 2 is 1.81 bits per heavy atom. The number of aldehydes is 1. The van der Waals surface area contributed by atoms with Crippen LogP contribution in [0.4, 0.5) is 17.3 Å². The molecule has 10 nitrogen and oxygen atoms in total. The quantitative estimate of drug-likeness (QED) is 0.0979. The monoisotopic (exact) mass is 641 g/mol. The van der Waals surface area contributed by atoms with Gasteiger partial charge in [-0.25, -0.2) is 9.97 Å². The van der Waals surface area contributed by atoms with E-state index in [1.165, 1.54) is 5.69 Å². The second-order valence-corrected chi connectivity index (χ2v) is 12.4. The smallest absolute Gasteiger partial charge is 0.251 e. The highest BCUT2D eigenvalue weighted by Crippen LogP contribution is 2.36. The first-order chi connectivity index (χ1) is 23.2. The third kappa shape index (κ3) is 6.79. The number of rotatable bonds is 10. The third-order valence-electron chi connectivity index (χ3n) is 9.09. The number of aromatic nitrogens is 3. The summed E-state index contributed by atoms with van der Waals surface area (Å²) in [5.74, 6) is 0.617. The lowest BCUT2D eigenvalue weighted by Crippen LogP contribution is -2.44. The van der Waals surface area contributed by atoms with Crippen molar-refractivity contribution in [2.75, 3.05) is 57.1 Å². The molecule has 246 valence electrons. The summed E-state index contributed by atoms with van der Waals surface area (Å²) >= 11 is 0. The molecule has 48 heavy (non-hydrogen) atoms. The van der Waals surface area contributed by atoms with Crippen molar-refractivity contribution in [2.45, 2.75) is 20.4 Å². The molecular formula is C38H43N9O. The fourth-order valence-corrected chi connectivity index (χ4v) is 6.25. The minimum atomic E-state index is 0.297. The molecule has 4 N–H and O–H groups in total. The molecule has 2 aromatic heterocycles. The van der Waals surface area contributed by atoms with Crippen LogP contribution in [0.2, 0.25) is 0 Å². The van der Waals surface area contributed by atoms with E-state index in [0.717, 1.165) is 88.3 Å². The van der Waals surface area contributed by atoms with Crippen LogP contribution in [0.25, 0.3) is 33.3 Å². The average Bonchev–Trinajstić information content (AvgIpc) is 3.53. The number of hydrogen-bond acceptors (Lipinski definition) is 8. The Morgan fingerprint density at radius 3 is 2.54 bits per heavy atom. The van der Waals surface area contributed by atoms with Crippen LogP contribution >= 0.6 is 0 Å². The Kier molecular flexibility index (Phi) is 9.54. The topological polar surface area (TPSA) is 119 Å². The van der Waals surface area contributed by atoms with Crippen LogP contribution < -0.4 is 20.9 Å². The molecule has 1 aliphatic rings. The minimum Gasteiger partial charge on any atom is -0.392 e. The highest BCUT2D eigenvalue weighted by atomic mass is 16.1. The van der Waals surface area contributed by atoms with Crippen LogP contribution in [0.3, 0.4) is 0 Å². The van der Waals surface area contributed by atoms with Crippen molar-refractivity contribution in [2.24, 2.45) is 10.7 Å². The first kappa shape index (κ1) is 32.5. The number of piperazine rings is 1. The molecule has 3 aromatic carbocycles. The van der Waals surface area contributed by atoms with Gasteiger partial charge in [-0.2, -0.15) is 4.99 Å². The summed E-state index contributed by atoms with van der Waals surface area (Å²) in [6.45, 7) is 8.61. The number of H-pyrrole nitrogens is 1. The maximum atomic E-state index is 12.3. The van der Waals surface area contributed by atoms with E-state index in [1.807, 2.05) is 45.3 Å². The van der Waals surface area contributed by atoms with Gasteiger partial charge in [0.25, 0.3) is 5.95 Å². The number of benzene rings is 3. The first-order valence-corrected chi connectivity index (χ1v) is 16.2.